The van der Waals surface area contributed by atoms with Crippen LogP contribution in [0.4, 0.5) is 8.78 Å². The van der Waals surface area contributed by atoms with Gasteiger partial charge in [-0.15, -0.1) is 0 Å². The van der Waals surface area contributed by atoms with Crippen molar-refractivity contribution in [2.24, 2.45) is 5.92 Å². The molecule has 6 heteroatoms. The zero-order chi connectivity index (χ0) is 15.5. The lowest BCUT2D eigenvalue weighted by atomic mass is 9.97. The summed E-state index contributed by atoms with van der Waals surface area (Å²) in [6.45, 7) is 0. The van der Waals surface area contributed by atoms with E-state index in [4.69, 9.17) is 0 Å². The van der Waals surface area contributed by atoms with Crippen molar-refractivity contribution in [2.45, 2.75) is 48.7 Å². The van der Waals surface area contributed by atoms with Gasteiger partial charge in [-0.3, -0.25) is 0 Å². The molecular weight excluding hydrogens is 296 g/mol. The minimum Gasteiger partial charge on any atom is -0.222 e. The van der Waals surface area contributed by atoms with Crippen molar-refractivity contribution in [2.75, 3.05) is 0 Å². The van der Waals surface area contributed by atoms with Crippen molar-refractivity contribution in [1.82, 2.24) is 0 Å². The molecule has 3 nitrogen and oxygen atoms in total. The summed E-state index contributed by atoms with van der Waals surface area (Å²) < 4.78 is 51.7. The third kappa shape index (κ3) is 3.41. The van der Waals surface area contributed by atoms with Crippen molar-refractivity contribution in [1.29, 1.82) is 5.26 Å². The molecule has 0 aliphatic heterocycles. The Bertz CT molecular complexity index is 644. The summed E-state index contributed by atoms with van der Waals surface area (Å²) in [6, 6.07) is 4.17. The number of benzene rings is 1. The highest BCUT2D eigenvalue weighted by molar-refractivity contribution is 7.92. The van der Waals surface area contributed by atoms with E-state index in [2.05, 4.69) is 0 Å². The average molecular weight is 313 g/mol. The molecule has 2 rings (SSSR count). The molecule has 1 atom stereocenters. The molecule has 0 radical (unpaired) electrons. The van der Waals surface area contributed by atoms with Gasteiger partial charge in [0.05, 0.1) is 6.07 Å². The van der Waals surface area contributed by atoms with Gasteiger partial charge in [-0.05, 0) is 30.9 Å². The van der Waals surface area contributed by atoms with Gasteiger partial charge in [0.1, 0.15) is 16.5 Å². The molecule has 0 N–H and O–H groups in total. The van der Waals surface area contributed by atoms with Crippen molar-refractivity contribution in [3.63, 3.8) is 0 Å². The summed E-state index contributed by atoms with van der Waals surface area (Å²) >= 11 is 0. The molecule has 1 unspecified atom stereocenters. The molecule has 0 spiro atoms. The standard InChI is InChI=1S/C15H17F2NO2S/c16-12-7-8-14(13(17)9-12)21(19,20)15(10-18)11-5-3-1-2-4-6-11/h7-9,11,15H,1-6H2. The van der Waals surface area contributed by atoms with E-state index in [0.29, 0.717) is 18.9 Å². The first kappa shape index (κ1) is 15.9. The van der Waals surface area contributed by atoms with E-state index in [0.717, 1.165) is 37.8 Å². The van der Waals surface area contributed by atoms with Crippen molar-refractivity contribution in [3.05, 3.63) is 29.8 Å². The Labute approximate surface area is 123 Å². The summed E-state index contributed by atoms with van der Waals surface area (Å²) in [6.07, 6.45) is 5.12. The third-order valence-corrected chi connectivity index (χ3v) is 6.09. The lowest BCUT2D eigenvalue weighted by Crippen LogP contribution is -2.29. The van der Waals surface area contributed by atoms with Gasteiger partial charge in [-0.2, -0.15) is 5.26 Å². The molecule has 0 aromatic heterocycles. The van der Waals surface area contributed by atoms with Crippen LogP contribution < -0.4 is 0 Å². The Morgan fingerprint density at radius 3 is 2.29 bits per heavy atom. The van der Waals surface area contributed by atoms with Crippen molar-refractivity contribution >= 4 is 9.84 Å². The van der Waals surface area contributed by atoms with Crippen LogP contribution in [0.5, 0.6) is 0 Å². The Kier molecular flexibility index (Phi) is 4.94. The topological polar surface area (TPSA) is 57.9 Å². The van der Waals surface area contributed by atoms with E-state index >= 15 is 0 Å². The predicted octanol–water partition coefficient (Wildman–Crippen LogP) is 3.60. The first-order chi connectivity index (χ1) is 9.96. The van der Waals surface area contributed by atoms with Crippen LogP contribution in [0.1, 0.15) is 38.5 Å². The Morgan fingerprint density at radius 2 is 1.76 bits per heavy atom. The highest BCUT2D eigenvalue weighted by Gasteiger charge is 2.36. The minimum atomic E-state index is -4.12. The number of hydrogen-bond acceptors (Lipinski definition) is 3. The fourth-order valence-corrected chi connectivity index (χ4v) is 4.66. The van der Waals surface area contributed by atoms with Crippen LogP contribution in [0.3, 0.4) is 0 Å². The van der Waals surface area contributed by atoms with Gasteiger partial charge < -0.3 is 0 Å². The SMILES string of the molecule is N#CC(C1CCCCCC1)S(=O)(=O)c1ccc(F)cc1F. The molecule has 1 saturated carbocycles. The lowest BCUT2D eigenvalue weighted by Gasteiger charge is -2.20. The monoisotopic (exact) mass is 313 g/mol. The Balaban J connectivity index is 2.37. The molecule has 114 valence electrons. The second-order valence-corrected chi connectivity index (χ2v) is 7.46. The molecule has 1 fully saturated rings. The maximum absolute atomic E-state index is 13.8. The number of nitrogens with zero attached hydrogens (tertiary/aromatic N) is 1. The highest BCUT2D eigenvalue weighted by atomic mass is 32.2. The largest absolute Gasteiger partial charge is 0.222 e. The van der Waals surface area contributed by atoms with Crippen LogP contribution in [0.2, 0.25) is 0 Å². The van der Waals surface area contributed by atoms with Gasteiger partial charge in [0, 0.05) is 6.07 Å². The van der Waals surface area contributed by atoms with Crippen molar-refractivity contribution in [3.8, 4) is 6.07 Å². The smallest absolute Gasteiger partial charge is 0.197 e. The van der Waals surface area contributed by atoms with E-state index in [-0.39, 0.29) is 5.92 Å². The predicted molar refractivity (Wildman–Crippen MR) is 74.1 cm³/mol. The van der Waals surface area contributed by atoms with E-state index in [1.54, 1.807) is 0 Å². The third-order valence-electron chi connectivity index (χ3n) is 3.99. The van der Waals surface area contributed by atoms with E-state index < -0.39 is 31.6 Å². The molecule has 1 aliphatic rings. The second-order valence-electron chi connectivity index (χ2n) is 5.42. The molecule has 21 heavy (non-hydrogen) atoms. The van der Waals surface area contributed by atoms with Crippen LogP contribution >= 0.6 is 0 Å². The molecule has 0 saturated heterocycles. The zero-order valence-electron chi connectivity index (χ0n) is 11.6. The Morgan fingerprint density at radius 1 is 1.14 bits per heavy atom. The molecule has 0 amide bonds. The molecule has 0 heterocycles. The first-order valence-corrected chi connectivity index (χ1v) is 8.60. The zero-order valence-corrected chi connectivity index (χ0v) is 12.4. The fraction of sp³-hybridized carbons (Fsp3) is 0.533. The van der Waals surface area contributed by atoms with Gasteiger partial charge in [0.2, 0.25) is 0 Å². The summed E-state index contributed by atoms with van der Waals surface area (Å²) in [5.41, 5.74) is 0. The lowest BCUT2D eigenvalue weighted by molar-refractivity contribution is 0.456. The summed E-state index contributed by atoms with van der Waals surface area (Å²) in [4.78, 5) is -0.584. The summed E-state index contributed by atoms with van der Waals surface area (Å²) in [7, 11) is -4.12. The van der Waals surface area contributed by atoms with Crippen LogP contribution in [0.15, 0.2) is 23.1 Å². The van der Waals surface area contributed by atoms with E-state index in [9.17, 15) is 22.5 Å². The van der Waals surface area contributed by atoms with Gasteiger partial charge in [0.25, 0.3) is 0 Å². The van der Waals surface area contributed by atoms with E-state index in [1.807, 2.05) is 6.07 Å². The molecule has 1 aliphatic carbocycles. The van der Waals surface area contributed by atoms with Gasteiger partial charge in [-0.25, -0.2) is 17.2 Å². The quantitative estimate of drug-likeness (QED) is 0.633. The molecular formula is C15H17F2NO2S. The van der Waals surface area contributed by atoms with Crippen LogP contribution in [-0.2, 0) is 9.84 Å². The molecule has 0 bridgehead atoms. The summed E-state index contributed by atoms with van der Waals surface area (Å²) in [5.74, 6) is -2.26. The average Bonchev–Trinajstić information content (AvgIpc) is 2.67. The molecule has 1 aromatic rings. The van der Waals surface area contributed by atoms with Crippen LogP contribution in [0, 0.1) is 28.9 Å². The van der Waals surface area contributed by atoms with Gasteiger partial charge in [0.15, 0.2) is 15.1 Å². The Hall–Kier alpha value is -1.48. The normalized spacial score (nSPS) is 18.7. The number of nitriles is 1. The van der Waals surface area contributed by atoms with Crippen molar-refractivity contribution < 1.29 is 17.2 Å². The van der Waals surface area contributed by atoms with Crippen LogP contribution in [-0.4, -0.2) is 13.7 Å². The first-order valence-electron chi connectivity index (χ1n) is 7.05. The highest BCUT2D eigenvalue weighted by Crippen LogP contribution is 2.32. The molecule has 1 aromatic carbocycles. The second kappa shape index (κ2) is 6.52. The number of halogens is 2. The maximum atomic E-state index is 13.8. The minimum absolute atomic E-state index is 0.285. The summed E-state index contributed by atoms with van der Waals surface area (Å²) in [5, 5.41) is 8.02. The van der Waals surface area contributed by atoms with Gasteiger partial charge >= 0.3 is 0 Å². The van der Waals surface area contributed by atoms with Gasteiger partial charge in [-0.1, -0.05) is 25.7 Å². The maximum Gasteiger partial charge on any atom is 0.197 e. The number of rotatable bonds is 3. The van der Waals surface area contributed by atoms with Crippen LogP contribution in [0.25, 0.3) is 0 Å². The number of hydrogen-bond donors (Lipinski definition) is 0. The number of sulfone groups is 1. The van der Waals surface area contributed by atoms with E-state index in [1.165, 1.54) is 0 Å². The fourth-order valence-electron chi connectivity index (χ4n) is 2.88.